The average Bonchev–Trinajstić information content (AvgIpc) is 3.14. The molecule has 1 aromatic carbocycles. The molecule has 0 aliphatic carbocycles. The molecule has 2 aliphatic rings. The number of benzene rings is 1. The summed E-state index contributed by atoms with van der Waals surface area (Å²) in [6.45, 7) is 1.94. The van der Waals surface area contributed by atoms with Gasteiger partial charge in [0.1, 0.15) is 5.82 Å². The van der Waals surface area contributed by atoms with Gasteiger partial charge >= 0.3 is 0 Å². The monoisotopic (exact) mass is 389 g/mol. The van der Waals surface area contributed by atoms with Crippen molar-refractivity contribution in [2.75, 3.05) is 50.1 Å². The van der Waals surface area contributed by atoms with Crippen molar-refractivity contribution in [1.82, 2.24) is 14.3 Å². The van der Waals surface area contributed by atoms with Crippen molar-refractivity contribution < 1.29 is 13.2 Å². The molecule has 0 spiro atoms. The van der Waals surface area contributed by atoms with E-state index in [0.29, 0.717) is 37.1 Å². The van der Waals surface area contributed by atoms with E-state index in [0.717, 1.165) is 5.82 Å². The smallest absolute Gasteiger partial charge is 0.243 e. The Hall–Kier alpha value is -2.23. The fraction of sp³-hybridized carbons (Fsp3) is 0.444. The van der Waals surface area contributed by atoms with Gasteiger partial charge in [0.2, 0.25) is 16.0 Å². The Kier molecular flexibility index (Phi) is 4.75. The van der Waals surface area contributed by atoms with Gasteiger partial charge in [-0.1, -0.05) is 18.2 Å². The third kappa shape index (κ3) is 3.38. The molecule has 9 heteroatoms. The maximum absolute atomic E-state index is 13.0. The summed E-state index contributed by atoms with van der Waals surface area (Å²) >= 11 is 0. The number of nitrogens with zero attached hydrogens (tertiary/aromatic N) is 5. The van der Waals surface area contributed by atoms with Crippen LogP contribution in [0.4, 0.5) is 11.8 Å². The van der Waals surface area contributed by atoms with E-state index in [4.69, 9.17) is 4.74 Å². The molecule has 27 heavy (non-hydrogen) atoms. The number of fused-ring (bicyclic) bond motifs is 1. The van der Waals surface area contributed by atoms with Gasteiger partial charge < -0.3 is 14.5 Å². The molecule has 2 saturated heterocycles. The summed E-state index contributed by atoms with van der Waals surface area (Å²) in [6, 6.07) is 10.3. The Morgan fingerprint density at radius 2 is 1.93 bits per heavy atom. The van der Waals surface area contributed by atoms with Crippen LogP contribution in [0.2, 0.25) is 0 Å². The van der Waals surface area contributed by atoms with Crippen molar-refractivity contribution in [2.24, 2.45) is 0 Å². The van der Waals surface area contributed by atoms with Crippen LogP contribution in [0.1, 0.15) is 0 Å². The van der Waals surface area contributed by atoms with Gasteiger partial charge in [0.15, 0.2) is 0 Å². The molecule has 2 aromatic rings. The summed E-state index contributed by atoms with van der Waals surface area (Å²) in [5.41, 5.74) is 0. The molecule has 3 heterocycles. The van der Waals surface area contributed by atoms with Gasteiger partial charge in [-0.25, -0.2) is 13.4 Å². The molecule has 1 aromatic heterocycles. The fourth-order valence-electron chi connectivity index (χ4n) is 3.59. The number of hydrogen-bond acceptors (Lipinski definition) is 7. The number of morpholine rings is 1. The molecule has 0 amide bonds. The SMILES string of the molecule is CN(C)c1nccc(N2CCO[C@@H]3CN(S(=O)(=O)c4ccccc4)C[C@@H]32)n1. The molecule has 0 N–H and O–H groups in total. The highest BCUT2D eigenvalue weighted by Gasteiger charge is 2.45. The molecule has 2 aliphatic heterocycles. The summed E-state index contributed by atoms with van der Waals surface area (Å²) < 4.78 is 33.4. The van der Waals surface area contributed by atoms with Gasteiger partial charge in [0.25, 0.3) is 0 Å². The van der Waals surface area contributed by atoms with E-state index >= 15 is 0 Å². The summed E-state index contributed by atoms with van der Waals surface area (Å²) in [6.07, 6.45) is 1.56. The highest BCUT2D eigenvalue weighted by molar-refractivity contribution is 7.89. The molecule has 8 nitrogen and oxygen atoms in total. The first kappa shape index (κ1) is 18.1. The number of anilines is 2. The normalized spacial score (nSPS) is 23.3. The standard InChI is InChI=1S/C18H23N5O3S/c1-21(2)18-19-9-8-17(20-18)23-10-11-26-16-13-22(12-15(16)23)27(24,25)14-6-4-3-5-7-14/h3-9,15-16H,10-13H2,1-2H3/t15-,16+/m0/s1. The first-order valence-electron chi connectivity index (χ1n) is 8.90. The fourth-order valence-corrected chi connectivity index (χ4v) is 5.08. The lowest BCUT2D eigenvalue weighted by atomic mass is 10.1. The molecular formula is C18H23N5O3S. The summed E-state index contributed by atoms with van der Waals surface area (Å²) in [4.78, 5) is 13.2. The Morgan fingerprint density at radius 3 is 2.67 bits per heavy atom. The number of rotatable bonds is 4. The molecule has 0 unspecified atom stereocenters. The van der Waals surface area contributed by atoms with E-state index in [1.807, 2.05) is 31.1 Å². The van der Waals surface area contributed by atoms with Gasteiger partial charge in [0, 0.05) is 39.9 Å². The van der Waals surface area contributed by atoms with Gasteiger partial charge in [0.05, 0.1) is 23.6 Å². The van der Waals surface area contributed by atoms with Crippen molar-refractivity contribution in [3.63, 3.8) is 0 Å². The van der Waals surface area contributed by atoms with E-state index < -0.39 is 10.0 Å². The third-order valence-electron chi connectivity index (χ3n) is 4.97. The van der Waals surface area contributed by atoms with Crippen LogP contribution in [0.15, 0.2) is 47.5 Å². The molecule has 4 rings (SSSR count). The average molecular weight is 389 g/mol. The van der Waals surface area contributed by atoms with Crippen LogP contribution in [0.25, 0.3) is 0 Å². The van der Waals surface area contributed by atoms with Gasteiger partial charge in [-0.3, -0.25) is 0 Å². The van der Waals surface area contributed by atoms with Crippen LogP contribution >= 0.6 is 0 Å². The van der Waals surface area contributed by atoms with Crippen molar-refractivity contribution in [2.45, 2.75) is 17.0 Å². The zero-order valence-electron chi connectivity index (χ0n) is 15.4. The lowest BCUT2D eigenvalue weighted by Gasteiger charge is -2.37. The maximum atomic E-state index is 13.0. The number of sulfonamides is 1. The highest BCUT2D eigenvalue weighted by Crippen LogP contribution is 2.30. The first-order valence-corrected chi connectivity index (χ1v) is 10.3. The first-order chi connectivity index (χ1) is 13.0. The summed E-state index contributed by atoms with van der Waals surface area (Å²) in [7, 11) is 0.249. The van der Waals surface area contributed by atoms with Crippen LogP contribution in [0, 0.1) is 0 Å². The Balaban J connectivity index is 1.60. The number of hydrogen-bond donors (Lipinski definition) is 0. The maximum Gasteiger partial charge on any atom is 0.243 e. The third-order valence-corrected chi connectivity index (χ3v) is 6.82. The van der Waals surface area contributed by atoms with Crippen LogP contribution < -0.4 is 9.80 Å². The predicted molar refractivity (Wildman–Crippen MR) is 102 cm³/mol. The van der Waals surface area contributed by atoms with Crippen molar-refractivity contribution >= 4 is 21.8 Å². The van der Waals surface area contributed by atoms with Crippen molar-refractivity contribution in [1.29, 1.82) is 0 Å². The lowest BCUT2D eigenvalue weighted by molar-refractivity contribution is 0.0328. The van der Waals surface area contributed by atoms with E-state index in [1.165, 1.54) is 4.31 Å². The van der Waals surface area contributed by atoms with Gasteiger partial charge in [-0.05, 0) is 18.2 Å². The highest BCUT2D eigenvalue weighted by atomic mass is 32.2. The quantitative estimate of drug-likeness (QED) is 0.766. The second kappa shape index (κ2) is 7.06. The van der Waals surface area contributed by atoms with E-state index in [1.54, 1.807) is 30.5 Å². The largest absolute Gasteiger partial charge is 0.373 e. The topological polar surface area (TPSA) is 78.9 Å². The van der Waals surface area contributed by atoms with Crippen molar-refractivity contribution in [3.8, 4) is 0 Å². The zero-order valence-corrected chi connectivity index (χ0v) is 16.2. The van der Waals surface area contributed by atoms with Crippen LogP contribution in [0.5, 0.6) is 0 Å². The second-order valence-electron chi connectivity index (χ2n) is 6.91. The van der Waals surface area contributed by atoms with Gasteiger partial charge in [-0.2, -0.15) is 9.29 Å². The minimum atomic E-state index is -3.54. The van der Waals surface area contributed by atoms with Crippen LogP contribution in [-0.4, -0.2) is 75.2 Å². The molecule has 0 bridgehead atoms. The minimum Gasteiger partial charge on any atom is -0.373 e. The minimum absolute atomic E-state index is 0.0675. The Labute approximate surface area is 159 Å². The zero-order chi connectivity index (χ0) is 19.0. The summed E-state index contributed by atoms with van der Waals surface area (Å²) in [5, 5.41) is 0. The molecule has 0 radical (unpaired) electrons. The lowest BCUT2D eigenvalue weighted by Crippen LogP contribution is -2.51. The van der Waals surface area contributed by atoms with Crippen LogP contribution in [0.3, 0.4) is 0 Å². The predicted octanol–water partition coefficient (Wildman–Crippen LogP) is 0.821. The second-order valence-corrected chi connectivity index (χ2v) is 8.85. The van der Waals surface area contributed by atoms with Crippen molar-refractivity contribution in [3.05, 3.63) is 42.6 Å². The molecule has 2 atom stereocenters. The molecular weight excluding hydrogens is 366 g/mol. The molecule has 2 fully saturated rings. The van der Waals surface area contributed by atoms with Crippen LogP contribution in [-0.2, 0) is 14.8 Å². The Bertz CT molecular complexity index is 906. The Morgan fingerprint density at radius 1 is 1.15 bits per heavy atom. The van der Waals surface area contributed by atoms with Gasteiger partial charge in [-0.15, -0.1) is 0 Å². The number of ether oxygens (including phenoxy) is 1. The van der Waals surface area contributed by atoms with E-state index in [-0.39, 0.29) is 12.1 Å². The molecule has 144 valence electrons. The molecule has 0 saturated carbocycles. The van der Waals surface area contributed by atoms with E-state index in [2.05, 4.69) is 14.9 Å². The summed E-state index contributed by atoms with van der Waals surface area (Å²) in [5.74, 6) is 1.42. The number of aromatic nitrogens is 2. The van der Waals surface area contributed by atoms with E-state index in [9.17, 15) is 8.42 Å².